The molecule has 1 aromatic heterocycles. The van der Waals surface area contributed by atoms with Gasteiger partial charge < -0.3 is 10.2 Å². The van der Waals surface area contributed by atoms with Gasteiger partial charge in [0.25, 0.3) is 0 Å². The molecule has 1 saturated heterocycles. The molecule has 6 heteroatoms. The van der Waals surface area contributed by atoms with E-state index in [1.807, 2.05) is 6.92 Å². The third-order valence-electron chi connectivity index (χ3n) is 4.08. The van der Waals surface area contributed by atoms with Crippen LogP contribution in [0.15, 0.2) is 18.3 Å². The Hall–Kier alpha value is -1.30. The van der Waals surface area contributed by atoms with E-state index in [4.69, 9.17) is 0 Å². The monoisotopic (exact) mass is 301 g/mol. The van der Waals surface area contributed by atoms with E-state index in [0.29, 0.717) is 25.0 Å². The first-order valence-electron chi connectivity index (χ1n) is 7.44. The largest absolute Gasteiger partial charge is 0.419 e. The van der Waals surface area contributed by atoms with Gasteiger partial charge in [-0.1, -0.05) is 6.92 Å². The van der Waals surface area contributed by atoms with E-state index in [1.165, 1.54) is 12.3 Å². The first-order chi connectivity index (χ1) is 9.93. The van der Waals surface area contributed by atoms with Gasteiger partial charge in [0.2, 0.25) is 0 Å². The molecule has 0 radical (unpaired) electrons. The summed E-state index contributed by atoms with van der Waals surface area (Å²) in [5, 5.41) is 3.36. The molecule has 0 bridgehead atoms. The van der Waals surface area contributed by atoms with Gasteiger partial charge in [-0.25, -0.2) is 4.98 Å². The van der Waals surface area contributed by atoms with Crippen LogP contribution in [-0.4, -0.2) is 30.7 Å². The molecule has 0 aromatic carbocycles. The molecule has 0 aliphatic carbocycles. The highest BCUT2D eigenvalue weighted by atomic mass is 19.4. The second-order valence-electron chi connectivity index (χ2n) is 5.57. The average Bonchev–Trinajstić information content (AvgIpc) is 2.47. The summed E-state index contributed by atoms with van der Waals surface area (Å²) in [7, 11) is 0. The fourth-order valence-corrected chi connectivity index (χ4v) is 2.97. The SMILES string of the molecule is CCNC(C)C1CCCN(c2ncccc2C(F)(F)F)C1. The van der Waals surface area contributed by atoms with Crippen LogP contribution >= 0.6 is 0 Å². The minimum Gasteiger partial charge on any atom is -0.356 e. The highest BCUT2D eigenvalue weighted by molar-refractivity contribution is 5.48. The van der Waals surface area contributed by atoms with Gasteiger partial charge in [-0.3, -0.25) is 0 Å². The molecule has 2 atom stereocenters. The number of nitrogens with one attached hydrogen (secondary N) is 1. The standard InChI is InChI=1S/C15H22F3N3/c1-3-19-11(2)12-6-5-9-21(10-12)14-13(15(16,17)18)7-4-8-20-14/h4,7-8,11-12,19H,3,5-6,9-10H2,1-2H3. The number of pyridine rings is 1. The molecule has 118 valence electrons. The van der Waals surface area contributed by atoms with Crippen LogP contribution in [0.2, 0.25) is 0 Å². The minimum atomic E-state index is -4.36. The Bertz CT molecular complexity index is 462. The molecule has 1 N–H and O–H groups in total. The van der Waals surface area contributed by atoms with Gasteiger partial charge in [0.1, 0.15) is 5.82 Å². The van der Waals surface area contributed by atoms with Crippen LogP contribution in [-0.2, 0) is 6.18 Å². The Labute approximate surface area is 123 Å². The smallest absolute Gasteiger partial charge is 0.356 e. The van der Waals surface area contributed by atoms with E-state index in [9.17, 15) is 13.2 Å². The maximum atomic E-state index is 13.1. The molecule has 0 saturated carbocycles. The van der Waals surface area contributed by atoms with Gasteiger partial charge in [0, 0.05) is 25.3 Å². The molecular weight excluding hydrogens is 279 g/mol. The van der Waals surface area contributed by atoms with Crippen LogP contribution in [0.3, 0.4) is 0 Å². The van der Waals surface area contributed by atoms with Crippen LogP contribution in [0, 0.1) is 5.92 Å². The zero-order valence-corrected chi connectivity index (χ0v) is 12.5. The summed E-state index contributed by atoms with van der Waals surface area (Å²) in [5.74, 6) is 0.417. The Morgan fingerprint density at radius 2 is 2.24 bits per heavy atom. The quantitative estimate of drug-likeness (QED) is 0.925. The summed E-state index contributed by atoms with van der Waals surface area (Å²) in [5.41, 5.74) is -0.637. The number of anilines is 1. The van der Waals surface area contributed by atoms with Gasteiger partial charge in [-0.15, -0.1) is 0 Å². The minimum absolute atomic E-state index is 0.0680. The summed E-state index contributed by atoms with van der Waals surface area (Å²) in [6.45, 7) is 6.26. The van der Waals surface area contributed by atoms with E-state index in [1.54, 1.807) is 4.90 Å². The normalized spacial score (nSPS) is 21.4. The van der Waals surface area contributed by atoms with Gasteiger partial charge in [-0.05, 0) is 44.4 Å². The summed E-state index contributed by atoms with van der Waals surface area (Å²) in [6, 6.07) is 2.75. The van der Waals surface area contributed by atoms with Crippen molar-refractivity contribution in [2.45, 2.75) is 38.9 Å². The van der Waals surface area contributed by atoms with E-state index in [-0.39, 0.29) is 5.82 Å². The lowest BCUT2D eigenvalue weighted by Crippen LogP contribution is -2.45. The molecule has 0 spiro atoms. The van der Waals surface area contributed by atoms with Crippen molar-refractivity contribution in [1.82, 2.24) is 10.3 Å². The fourth-order valence-electron chi connectivity index (χ4n) is 2.97. The van der Waals surface area contributed by atoms with Crippen molar-refractivity contribution < 1.29 is 13.2 Å². The first-order valence-corrected chi connectivity index (χ1v) is 7.44. The van der Waals surface area contributed by atoms with Crippen LogP contribution in [0.1, 0.15) is 32.3 Å². The van der Waals surface area contributed by atoms with Crippen molar-refractivity contribution in [3.63, 3.8) is 0 Å². The van der Waals surface area contributed by atoms with Gasteiger partial charge in [0.15, 0.2) is 0 Å². The molecule has 2 heterocycles. The molecule has 2 rings (SSSR count). The molecule has 2 unspecified atom stereocenters. The van der Waals surface area contributed by atoms with Crippen LogP contribution in [0.25, 0.3) is 0 Å². The molecule has 1 aliphatic heterocycles. The second-order valence-corrected chi connectivity index (χ2v) is 5.57. The average molecular weight is 301 g/mol. The highest BCUT2D eigenvalue weighted by Gasteiger charge is 2.37. The molecule has 21 heavy (non-hydrogen) atoms. The van der Waals surface area contributed by atoms with Gasteiger partial charge >= 0.3 is 6.18 Å². The Kier molecular flexibility index (Phi) is 5.08. The molecule has 1 aliphatic rings. The zero-order chi connectivity index (χ0) is 15.5. The summed E-state index contributed by atoms with van der Waals surface area (Å²) >= 11 is 0. The number of halogens is 3. The number of rotatable bonds is 4. The topological polar surface area (TPSA) is 28.2 Å². The van der Waals surface area contributed by atoms with E-state index < -0.39 is 11.7 Å². The lowest BCUT2D eigenvalue weighted by Gasteiger charge is -2.37. The zero-order valence-electron chi connectivity index (χ0n) is 12.5. The first kappa shape index (κ1) is 16.1. The van der Waals surface area contributed by atoms with E-state index in [0.717, 1.165) is 25.5 Å². The number of hydrogen-bond acceptors (Lipinski definition) is 3. The number of hydrogen-bond donors (Lipinski definition) is 1. The molecule has 3 nitrogen and oxygen atoms in total. The predicted molar refractivity (Wildman–Crippen MR) is 77.3 cm³/mol. The summed E-state index contributed by atoms with van der Waals surface area (Å²) in [6.07, 6.45) is -0.987. The highest BCUT2D eigenvalue weighted by Crippen LogP contribution is 2.36. The number of nitrogens with zero attached hydrogens (tertiary/aromatic N) is 2. The van der Waals surface area contributed by atoms with Crippen LogP contribution < -0.4 is 10.2 Å². The van der Waals surface area contributed by atoms with Crippen LogP contribution in [0.5, 0.6) is 0 Å². The molecule has 1 fully saturated rings. The van der Waals surface area contributed by atoms with Crippen molar-refractivity contribution in [1.29, 1.82) is 0 Å². The van der Waals surface area contributed by atoms with Crippen molar-refractivity contribution in [3.05, 3.63) is 23.9 Å². The lowest BCUT2D eigenvalue weighted by molar-refractivity contribution is -0.137. The predicted octanol–water partition coefficient (Wildman–Crippen LogP) is 3.31. The maximum absolute atomic E-state index is 13.1. The molecule has 1 aromatic rings. The van der Waals surface area contributed by atoms with Gasteiger partial charge in [-0.2, -0.15) is 13.2 Å². The maximum Gasteiger partial charge on any atom is 0.419 e. The third kappa shape index (κ3) is 3.87. The summed E-state index contributed by atoms with van der Waals surface area (Å²) < 4.78 is 39.3. The fraction of sp³-hybridized carbons (Fsp3) is 0.667. The van der Waals surface area contributed by atoms with Crippen LogP contribution in [0.4, 0.5) is 19.0 Å². The number of piperidine rings is 1. The third-order valence-corrected chi connectivity index (χ3v) is 4.08. The number of aromatic nitrogens is 1. The lowest BCUT2D eigenvalue weighted by atomic mass is 9.91. The van der Waals surface area contributed by atoms with E-state index >= 15 is 0 Å². The number of alkyl halides is 3. The Balaban J connectivity index is 2.19. The molecule has 0 amide bonds. The van der Waals surface area contributed by atoms with Gasteiger partial charge in [0.05, 0.1) is 5.56 Å². The Morgan fingerprint density at radius 1 is 1.48 bits per heavy atom. The summed E-state index contributed by atoms with van der Waals surface area (Å²) in [4.78, 5) is 5.78. The molecular formula is C15H22F3N3. The van der Waals surface area contributed by atoms with Crippen molar-refractivity contribution in [3.8, 4) is 0 Å². The second kappa shape index (κ2) is 6.64. The van der Waals surface area contributed by atoms with Crippen molar-refractivity contribution in [2.75, 3.05) is 24.5 Å². The van der Waals surface area contributed by atoms with Crippen molar-refractivity contribution in [2.24, 2.45) is 5.92 Å². The van der Waals surface area contributed by atoms with E-state index in [2.05, 4.69) is 17.2 Å². The van der Waals surface area contributed by atoms with Crippen molar-refractivity contribution >= 4 is 5.82 Å². The Morgan fingerprint density at radius 3 is 2.90 bits per heavy atom.